The SMILES string of the molecule is CC(C)(C)c1cc(-c2ccc(N(c3ccccc3)c3ccc4c(c3)C(C)(C)c3ccccc3-4)cc2)cc(C(C)(C)C)c1.CC(C)(C)c1ccc(N(c2ccc(-c3cc(C(C)(C)C)cc(C(C)(C)C)c3)cc2)c2ccc3c(c2)C(C)(C)c2ccccc2-3)cc1.CCCC1(CCC)c2ccccc2-c2ccc(N(c3ccc(-c4ccccc4)cc3)c3ccc(-c4cc(C5CCCCC5)cc(C5CCCCC5)c4)cc3)cc21. The average Bonchev–Trinajstić information content (AvgIpc) is 1.56. The fraction of sp³-hybridized carbons (Fsp3) is 0.319. The van der Waals surface area contributed by atoms with E-state index in [9.17, 15) is 0 Å². The molecule has 0 spiro atoms. The van der Waals surface area contributed by atoms with Crippen LogP contribution in [0.4, 0.5) is 51.2 Å². The summed E-state index contributed by atoms with van der Waals surface area (Å²) in [5.41, 5.74) is 48.1. The molecular formula is C141H153N3. The molecule has 16 aromatic rings. The summed E-state index contributed by atoms with van der Waals surface area (Å²) in [4.78, 5) is 7.30. The Hall–Kier alpha value is -13.1. The second-order valence-corrected chi connectivity index (χ2v) is 48.5. The fourth-order valence-electron chi connectivity index (χ4n) is 24.1. The molecule has 0 aliphatic heterocycles. The summed E-state index contributed by atoms with van der Waals surface area (Å²) >= 11 is 0. The van der Waals surface area contributed by atoms with Crippen LogP contribution < -0.4 is 14.7 Å². The third-order valence-electron chi connectivity index (χ3n) is 32.6. The highest BCUT2D eigenvalue weighted by Gasteiger charge is 2.44. The predicted octanol–water partition coefficient (Wildman–Crippen LogP) is 41.2. The Kier molecular flexibility index (Phi) is 27.8. The van der Waals surface area contributed by atoms with Gasteiger partial charge in [0.05, 0.1) is 0 Å². The van der Waals surface area contributed by atoms with Crippen LogP contribution in [-0.2, 0) is 43.3 Å². The molecule has 3 heteroatoms. The molecular weight excluding hydrogens is 1740 g/mol. The Balaban J connectivity index is 0.000000138. The standard InChI is InChI=1S/C55H59N.C45H51N.C41H43N/c1-3-34-55(35-4-2)53-23-15-14-22-51(53)52-33-32-50(39-54(52)55)56(48-28-24-43(25-29-48)40-16-8-5-9-17-40)49-30-26-44(27-31-49)47-37-45(41-18-10-6-11-19-41)36-46(38-47)42-20-12-7-13-21-42;1-42(2,3)32-18-22-36(23-19-32)46(37-24-25-39-38-14-12-13-15-40(38)45(10,11)41(39)29-37)35-20-16-30(17-21-35)31-26-33(43(4,5)6)28-34(27-31)44(7,8)9;1-39(2,3)30-24-29(25-31(26-30)40(4,5)6)28-18-20-33(21-19-28)42(32-14-10-9-11-15-32)34-22-23-36-35-16-12-13-17-37(35)41(7,8)38(36)27-34/h5,8-9,14-17,22-33,36-39,41-42H,3-4,6-7,10-13,18-21,34-35H2,1-2H3;12-29H,1-11H3;9-27H,1-8H3. The van der Waals surface area contributed by atoms with Crippen LogP contribution in [0.3, 0.4) is 0 Å². The lowest BCUT2D eigenvalue weighted by atomic mass is 9.71. The van der Waals surface area contributed by atoms with Crippen molar-refractivity contribution < 1.29 is 0 Å². The van der Waals surface area contributed by atoms with Gasteiger partial charge < -0.3 is 14.7 Å². The van der Waals surface area contributed by atoms with Gasteiger partial charge in [-0.1, -0.05) is 452 Å². The summed E-state index contributed by atoms with van der Waals surface area (Å²) in [5.74, 6) is 1.41. The van der Waals surface area contributed by atoms with Gasteiger partial charge in [0.15, 0.2) is 0 Å². The lowest BCUT2D eigenvalue weighted by Gasteiger charge is -2.33. The van der Waals surface area contributed by atoms with Crippen LogP contribution in [0.2, 0.25) is 0 Å². The van der Waals surface area contributed by atoms with Crippen molar-refractivity contribution in [1.82, 2.24) is 0 Å². The lowest BCUT2D eigenvalue weighted by Crippen LogP contribution is -2.25. The molecule has 3 nitrogen and oxygen atoms in total. The zero-order valence-electron chi connectivity index (χ0n) is 90.0. The molecule has 0 saturated heterocycles. The van der Waals surface area contributed by atoms with Crippen molar-refractivity contribution in [3.63, 3.8) is 0 Å². The van der Waals surface area contributed by atoms with E-state index in [1.165, 1.54) is 237 Å². The second-order valence-electron chi connectivity index (χ2n) is 48.5. The zero-order valence-corrected chi connectivity index (χ0v) is 90.0. The molecule has 0 heterocycles. The predicted molar refractivity (Wildman–Crippen MR) is 621 cm³/mol. The Labute approximate surface area is 864 Å². The van der Waals surface area contributed by atoms with Gasteiger partial charge in [-0.15, -0.1) is 0 Å². The number of rotatable bonds is 19. The van der Waals surface area contributed by atoms with Gasteiger partial charge in [0.2, 0.25) is 0 Å². The smallest absolute Gasteiger partial charge is 0.0465 e. The maximum absolute atomic E-state index is 2.62. The van der Waals surface area contributed by atoms with Crippen LogP contribution in [0.15, 0.2) is 364 Å². The van der Waals surface area contributed by atoms with Crippen LogP contribution in [0, 0.1) is 0 Å². The minimum Gasteiger partial charge on any atom is -0.310 e. The summed E-state index contributed by atoms with van der Waals surface area (Å²) < 4.78 is 0. The summed E-state index contributed by atoms with van der Waals surface area (Å²) in [6, 6.07) is 138. The number of fused-ring (bicyclic) bond motifs is 9. The number of para-hydroxylation sites is 1. The van der Waals surface area contributed by atoms with Crippen molar-refractivity contribution >= 4 is 51.2 Å². The first-order valence-corrected chi connectivity index (χ1v) is 54.2. The van der Waals surface area contributed by atoms with E-state index in [1.807, 2.05) is 0 Å². The molecule has 16 aromatic carbocycles. The molecule has 144 heavy (non-hydrogen) atoms. The van der Waals surface area contributed by atoms with Gasteiger partial charge in [-0.3, -0.25) is 0 Å². The molecule has 5 aliphatic carbocycles. The van der Waals surface area contributed by atoms with E-state index in [1.54, 1.807) is 11.1 Å². The third kappa shape index (κ3) is 20.2. The van der Waals surface area contributed by atoms with Crippen molar-refractivity contribution in [2.24, 2.45) is 0 Å². The van der Waals surface area contributed by atoms with Crippen LogP contribution in [0.25, 0.3) is 77.9 Å². The molecule has 732 valence electrons. The second kappa shape index (κ2) is 40.1. The number of benzene rings is 16. The van der Waals surface area contributed by atoms with Gasteiger partial charge in [-0.05, 0) is 337 Å². The van der Waals surface area contributed by atoms with Crippen LogP contribution in [-0.4, -0.2) is 0 Å². The number of hydrogen-bond acceptors (Lipinski definition) is 3. The van der Waals surface area contributed by atoms with Gasteiger partial charge in [-0.2, -0.15) is 0 Å². The van der Waals surface area contributed by atoms with E-state index in [2.05, 4.69) is 524 Å². The molecule has 0 unspecified atom stereocenters. The average molecular weight is 1890 g/mol. The van der Waals surface area contributed by atoms with Crippen LogP contribution in [0.5, 0.6) is 0 Å². The Bertz CT molecular complexity index is 7130. The molecule has 2 fully saturated rings. The van der Waals surface area contributed by atoms with E-state index >= 15 is 0 Å². The molecule has 21 rings (SSSR count). The summed E-state index contributed by atoms with van der Waals surface area (Å²) in [6.07, 6.45) is 18.3. The topological polar surface area (TPSA) is 9.72 Å². The van der Waals surface area contributed by atoms with Crippen molar-refractivity contribution in [2.75, 3.05) is 14.7 Å². The van der Waals surface area contributed by atoms with E-state index < -0.39 is 0 Å². The molecule has 0 amide bonds. The maximum atomic E-state index is 2.62. The Morgan fingerprint density at radius 1 is 0.208 bits per heavy atom. The molecule has 0 bridgehead atoms. The number of anilines is 9. The number of nitrogens with zero attached hydrogens (tertiary/aromatic N) is 3. The van der Waals surface area contributed by atoms with Gasteiger partial charge in [0.1, 0.15) is 0 Å². The maximum Gasteiger partial charge on any atom is 0.0465 e. The minimum atomic E-state index is -0.0591. The van der Waals surface area contributed by atoms with E-state index in [-0.39, 0.29) is 43.3 Å². The highest BCUT2D eigenvalue weighted by atomic mass is 15.2. The van der Waals surface area contributed by atoms with E-state index in [4.69, 9.17) is 0 Å². The molecule has 2 saturated carbocycles. The Morgan fingerprint density at radius 2 is 0.465 bits per heavy atom. The van der Waals surface area contributed by atoms with E-state index in [0.717, 1.165) is 42.7 Å². The number of hydrogen-bond donors (Lipinski definition) is 0. The Morgan fingerprint density at radius 3 is 0.806 bits per heavy atom. The first kappa shape index (κ1) is 99.6. The van der Waals surface area contributed by atoms with Crippen molar-refractivity contribution in [3.8, 4) is 77.9 Å². The van der Waals surface area contributed by atoms with Crippen molar-refractivity contribution in [2.45, 2.75) is 290 Å². The summed E-state index contributed by atoms with van der Waals surface area (Å²) in [6.45, 7) is 48.6. The van der Waals surface area contributed by atoms with Crippen LogP contribution in [0.1, 0.15) is 319 Å². The van der Waals surface area contributed by atoms with Gasteiger partial charge >= 0.3 is 0 Å². The zero-order chi connectivity index (χ0) is 101. The van der Waals surface area contributed by atoms with Crippen molar-refractivity contribution in [3.05, 3.63) is 436 Å². The highest BCUT2D eigenvalue weighted by molar-refractivity contribution is 5.91. The first-order chi connectivity index (χ1) is 68.9. The molecule has 0 radical (unpaired) electrons. The lowest BCUT2D eigenvalue weighted by molar-refractivity contribution is 0.435. The van der Waals surface area contributed by atoms with E-state index in [0.29, 0.717) is 11.8 Å². The fourth-order valence-corrected chi connectivity index (χ4v) is 24.1. The monoisotopic (exact) mass is 1890 g/mol. The largest absolute Gasteiger partial charge is 0.310 e. The molecule has 0 atom stereocenters. The first-order valence-electron chi connectivity index (χ1n) is 54.2. The summed E-state index contributed by atoms with van der Waals surface area (Å²) in [7, 11) is 0. The third-order valence-corrected chi connectivity index (χ3v) is 32.6. The molecule has 0 aromatic heterocycles. The van der Waals surface area contributed by atoms with Gasteiger partial charge in [0.25, 0.3) is 0 Å². The quantitative estimate of drug-likeness (QED) is 0.0799. The van der Waals surface area contributed by atoms with Gasteiger partial charge in [0, 0.05) is 67.4 Å². The minimum absolute atomic E-state index is 0.0392. The van der Waals surface area contributed by atoms with Gasteiger partial charge in [-0.25, -0.2) is 0 Å². The highest BCUT2D eigenvalue weighted by Crippen LogP contribution is 2.58. The van der Waals surface area contributed by atoms with Crippen LogP contribution >= 0.6 is 0 Å². The normalized spacial score (nSPS) is 15.1. The molecule has 0 N–H and O–H groups in total. The summed E-state index contributed by atoms with van der Waals surface area (Å²) in [5, 5.41) is 0. The molecule has 5 aliphatic rings. The van der Waals surface area contributed by atoms with Crippen molar-refractivity contribution in [1.29, 1.82) is 0 Å².